The zero-order valence-electron chi connectivity index (χ0n) is 11.1. The number of carbonyl (C=O) groups is 1. The van der Waals surface area contributed by atoms with Crippen LogP contribution in [0, 0.1) is 5.92 Å². The van der Waals surface area contributed by atoms with Crippen LogP contribution in [0.15, 0.2) is 17.0 Å². The van der Waals surface area contributed by atoms with Gasteiger partial charge in [0.25, 0.3) is 0 Å². The van der Waals surface area contributed by atoms with Crippen LogP contribution in [0.25, 0.3) is 0 Å². The molecule has 0 amide bonds. The second-order valence-corrected chi connectivity index (χ2v) is 7.54. The van der Waals surface area contributed by atoms with Crippen molar-refractivity contribution in [1.29, 1.82) is 0 Å². The summed E-state index contributed by atoms with van der Waals surface area (Å²) in [5, 5.41) is 8.67. The molecule has 0 aliphatic rings. The number of sulfonamides is 1. The molecule has 0 aromatic heterocycles. The van der Waals surface area contributed by atoms with Crippen LogP contribution in [0.2, 0.25) is 15.1 Å². The molecule has 1 atom stereocenters. The largest absolute Gasteiger partial charge is 0.481 e. The molecule has 0 saturated carbocycles. The third-order valence-corrected chi connectivity index (χ3v) is 5.27. The zero-order valence-corrected chi connectivity index (χ0v) is 14.2. The number of nitrogens with one attached hydrogen (secondary N) is 1. The lowest BCUT2D eigenvalue weighted by atomic mass is 10.1. The Morgan fingerprint density at radius 3 is 2.29 bits per heavy atom. The molecule has 1 aromatic rings. The molecule has 9 heteroatoms. The normalized spacial score (nSPS) is 13.1. The predicted octanol–water partition coefficient (Wildman–Crippen LogP) is 3.43. The molecule has 118 valence electrons. The van der Waals surface area contributed by atoms with Crippen molar-refractivity contribution in [1.82, 2.24) is 4.72 Å². The van der Waals surface area contributed by atoms with Crippen molar-refractivity contribution < 1.29 is 18.3 Å². The SMILES string of the molecule is CC(CCC(=O)O)CNS(=O)(=O)c1c(Cl)cc(Cl)cc1Cl. The molecule has 0 saturated heterocycles. The summed E-state index contributed by atoms with van der Waals surface area (Å²) in [4.78, 5) is 10.2. The molecule has 1 aromatic carbocycles. The van der Waals surface area contributed by atoms with E-state index >= 15 is 0 Å². The molecule has 0 spiro atoms. The third kappa shape index (κ3) is 5.64. The minimum Gasteiger partial charge on any atom is -0.481 e. The first-order chi connectivity index (χ1) is 9.63. The van der Waals surface area contributed by atoms with Crippen LogP contribution in [-0.4, -0.2) is 26.0 Å². The van der Waals surface area contributed by atoms with E-state index < -0.39 is 16.0 Å². The highest BCUT2D eigenvalue weighted by molar-refractivity contribution is 7.89. The molecular formula is C12H14Cl3NO4S. The van der Waals surface area contributed by atoms with Crippen LogP contribution < -0.4 is 4.72 Å². The quantitative estimate of drug-likeness (QED) is 0.766. The summed E-state index contributed by atoms with van der Waals surface area (Å²) >= 11 is 17.5. The highest BCUT2D eigenvalue weighted by Gasteiger charge is 2.23. The predicted molar refractivity (Wildman–Crippen MR) is 82.7 cm³/mol. The van der Waals surface area contributed by atoms with E-state index in [1.807, 2.05) is 0 Å². The Morgan fingerprint density at radius 1 is 1.29 bits per heavy atom. The van der Waals surface area contributed by atoms with Crippen molar-refractivity contribution >= 4 is 50.8 Å². The molecule has 21 heavy (non-hydrogen) atoms. The second kappa shape index (κ2) is 7.65. The van der Waals surface area contributed by atoms with Crippen LogP contribution in [-0.2, 0) is 14.8 Å². The molecular weight excluding hydrogens is 361 g/mol. The first-order valence-corrected chi connectivity index (χ1v) is 8.61. The molecule has 1 rings (SSSR count). The summed E-state index contributed by atoms with van der Waals surface area (Å²) in [6.07, 6.45) is 0.339. The topological polar surface area (TPSA) is 83.5 Å². The summed E-state index contributed by atoms with van der Waals surface area (Å²) in [5.74, 6) is -1.06. The Labute approximate surface area is 138 Å². The lowest BCUT2D eigenvalue weighted by Crippen LogP contribution is -2.29. The molecule has 5 nitrogen and oxygen atoms in total. The van der Waals surface area contributed by atoms with Gasteiger partial charge in [0.1, 0.15) is 4.90 Å². The van der Waals surface area contributed by atoms with Crippen molar-refractivity contribution in [2.75, 3.05) is 6.54 Å². The van der Waals surface area contributed by atoms with E-state index in [2.05, 4.69) is 4.72 Å². The number of hydrogen-bond donors (Lipinski definition) is 2. The monoisotopic (exact) mass is 373 g/mol. The summed E-state index contributed by atoms with van der Waals surface area (Å²) < 4.78 is 26.7. The molecule has 2 N–H and O–H groups in total. The van der Waals surface area contributed by atoms with Crippen LogP contribution in [0.4, 0.5) is 0 Å². The first-order valence-electron chi connectivity index (χ1n) is 5.99. The number of carboxylic acids is 1. The molecule has 0 bridgehead atoms. The van der Waals surface area contributed by atoms with Crippen molar-refractivity contribution in [2.24, 2.45) is 5.92 Å². The number of carboxylic acid groups (broad SMARTS) is 1. The highest BCUT2D eigenvalue weighted by Crippen LogP contribution is 2.32. The maximum Gasteiger partial charge on any atom is 0.303 e. The Morgan fingerprint density at radius 2 is 1.81 bits per heavy atom. The van der Waals surface area contributed by atoms with Gasteiger partial charge in [0.2, 0.25) is 10.0 Å². The second-order valence-electron chi connectivity index (χ2n) is 4.59. The van der Waals surface area contributed by atoms with Gasteiger partial charge in [-0.15, -0.1) is 0 Å². The van der Waals surface area contributed by atoms with Gasteiger partial charge in [0.05, 0.1) is 10.0 Å². The fourth-order valence-corrected chi connectivity index (χ4v) is 4.29. The zero-order chi connectivity index (χ0) is 16.2. The van der Waals surface area contributed by atoms with E-state index in [4.69, 9.17) is 39.9 Å². The molecule has 1 unspecified atom stereocenters. The van der Waals surface area contributed by atoms with Gasteiger partial charge >= 0.3 is 5.97 Å². The van der Waals surface area contributed by atoms with Crippen molar-refractivity contribution in [2.45, 2.75) is 24.7 Å². The van der Waals surface area contributed by atoms with E-state index in [0.29, 0.717) is 6.42 Å². The van der Waals surface area contributed by atoms with Gasteiger partial charge in [-0.2, -0.15) is 0 Å². The van der Waals surface area contributed by atoms with E-state index in [1.54, 1.807) is 6.92 Å². The standard InChI is InChI=1S/C12H14Cl3NO4S/c1-7(2-3-11(17)18)6-16-21(19,20)12-9(14)4-8(13)5-10(12)15/h4-5,7,16H,2-3,6H2,1H3,(H,17,18). The van der Waals surface area contributed by atoms with Crippen LogP contribution >= 0.6 is 34.8 Å². The first kappa shape index (κ1) is 18.5. The highest BCUT2D eigenvalue weighted by atomic mass is 35.5. The van der Waals surface area contributed by atoms with Gasteiger partial charge in [-0.1, -0.05) is 41.7 Å². The van der Waals surface area contributed by atoms with Gasteiger partial charge in [-0.3, -0.25) is 4.79 Å². The number of rotatable bonds is 7. The minimum absolute atomic E-state index is 0.0225. The minimum atomic E-state index is -3.89. The number of benzene rings is 1. The summed E-state index contributed by atoms with van der Waals surface area (Å²) in [7, 11) is -3.89. The summed E-state index contributed by atoms with van der Waals surface area (Å²) in [5.41, 5.74) is 0. The van der Waals surface area contributed by atoms with E-state index in [-0.39, 0.29) is 38.8 Å². The third-order valence-electron chi connectivity index (χ3n) is 2.70. The van der Waals surface area contributed by atoms with Gasteiger partial charge in [-0.05, 0) is 24.5 Å². The van der Waals surface area contributed by atoms with Crippen molar-refractivity contribution in [3.8, 4) is 0 Å². The van der Waals surface area contributed by atoms with Gasteiger partial charge in [0.15, 0.2) is 0 Å². The Bertz CT molecular complexity index is 610. The van der Waals surface area contributed by atoms with Crippen LogP contribution in [0.1, 0.15) is 19.8 Å². The Hall–Kier alpha value is -0.530. The molecule has 0 radical (unpaired) electrons. The van der Waals surface area contributed by atoms with Gasteiger partial charge < -0.3 is 5.11 Å². The van der Waals surface area contributed by atoms with Crippen molar-refractivity contribution in [3.05, 3.63) is 27.2 Å². The number of halogens is 3. The molecule has 0 aliphatic heterocycles. The molecule has 0 fully saturated rings. The van der Waals surface area contributed by atoms with Crippen molar-refractivity contribution in [3.63, 3.8) is 0 Å². The number of aliphatic carboxylic acids is 1. The Balaban J connectivity index is 2.81. The van der Waals surface area contributed by atoms with Crippen LogP contribution in [0.5, 0.6) is 0 Å². The average molecular weight is 375 g/mol. The maximum atomic E-state index is 12.2. The van der Waals surface area contributed by atoms with E-state index in [0.717, 1.165) is 0 Å². The maximum absolute atomic E-state index is 12.2. The average Bonchev–Trinajstić information content (AvgIpc) is 2.32. The summed E-state index contributed by atoms with van der Waals surface area (Å²) in [6, 6.07) is 2.58. The van der Waals surface area contributed by atoms with Crippen LogP contribution in [0.3, 0.4) is 0 Å². The van der Waals surface area contributed by atoms with E-state index in [1.165, 1.54) is 12.1 Å². The molecule has 0 heterocycles. The fourth-order valence-electron chi connectivity index (χ4n) is 1.58. The fraction of sp³-hybridized carbons (Fsp3) is 0.417. The lowest BCUT2D eigenvalue weighted by molar-refractivity contribution is -0.137. The smallest absolute Gasteiger partial charge is 0.303 e. The lowest BCUT2D eigenvalue weighted by Gasteiger charge is -2.14. The van der Waals surface area contributed by atoms with Gasteiger partial charge in [0, 0.05) is 18.0 Å². The Kier molecular flexibility index (Phi) is 6.74. The van der Waals surface area contributed by atoms with E-state index in [9.17, 15) is 13.2 Å². The summed E-state index contributed by atoms with van der Waals surface area (Å²) in [6.45, 7) is 1.83. The van der Waals surface area contributed by atoms with Gasteiger partial charge in [-0.25, -0.2) is 13.1 Å². The molecule has 0 aliphatic carbocycles. The number of hydrogen-bond acceptors (Lipinski definition) is 3.